The maximum Gasteiger partial charge on any atom is 0.249 e. The Labute approximate surface area is 169 Å². The van der Waals surface area contributed by atoms with E-state index < -0.39 is 0 Å². The number of anilines is 2. The molecule has 0 radical (unpaired) electrons. The van der Waals surface area contributed by atoms with Crippen molar-refractivity contribution in [1.29, 1.82) is 0 Å². The molecule has 0 bridgehead atoms. The molecule has 1 amide bonds. The van der Waals surface area contributed by atoms with E-state index in [-0.39, 0.29) is 12.0 Å². The van der Waals surface area contributed by atoms with E-state index in [0.717, 1.165) is 45.9 Å². The van der Waals surface area contributed by atoms with Crippen LogP contribution in [0.4, 0.5) is 11.5 Å². The van der Waals surface area contributed by atoms with Gasteiger partial charge in [0.15, 0.2) is 0 Å². The van der Waals surface area contributed by atoms with E-state index in [1.165, 1.54) is 0 Å². The van der Waals surface area contributed by atoms with Gasteiger partial charge in [0, 0.05) is 41.3 Å². The van der Waals surface area contributed by atoms with E-state index >= 15 is 0 Å². The lowest BCUT2D eigenvalue weighted by Gasteiger charge is -2.18. The summed E-state index contributed by atoms with van der Waals surface area (Å²) < 4.78 is 0. The second-order valence-corrected chi connectivity index (χ2v) is 7.57. The Kier molecular flexibility index (Phi) is 5.27. The lowest BCUT2D eigenvalue weighted by molar-refractivity contribution is -0.112. The molecule has 6 heteroatoms. The molecule has 0 spiro atoms. The van der Waals surface area contributed by atoms with E-state index in [1.54, 1.807) is 18.5 Å². The summed E-state index contributed by atoms with van der Waals surface area (Å²) in [7, 11) is 0. The van der Waals surface area contributed by atoms with Crippen LogP contribution in [0, 0.1) is 6.92 Å². The molecule has 0 saturated heterocycles. The lowest BCUT2D eigenvalue weighted by Crippen LogP contribution is -2.15. The summed E-state index contributed by atoms with van der Waals surface area (Å²) in [6.07, 6.45) is 9.59. The second-order valence-electron chi connectivity index (χ2n) is 7.57. The zero-order valence-electron chi connectivity index (χ0n) is 16.4. The zero-order valence-corrected chi connectivity index (χ0v) is 16.4. The van der Waals surface area contributed by atoms with Crippen molar-refractivity contribution in [3.8, 4) is 11.1 Å². The third-order valence-corrected chi connectivity index (χ3v) is 5.40. The number of carbonyl (C=O) groups excluding carboxylic acids is 1. The van der Waals surface area contributed by atoms with Gasteiger partial charge in [0.1, 0.15) is 5.82 Å². The minimum Gasteiger partial charge on any atom is -0.398 e. The van der Waals surface area contributed by atoms with Gasteiger partial charge in [-0.1, -0.05) is 5.57 Å². The molecule has 2 aromatic heterocycles. The van der Waals surface area contributed by atoms with Crippen molar-refractivity contribution in [2.24, 2.45) is 0 Å². The molecule has 1 saturated carbocycles. The summed E-state index contributed by atoms with van der Waals surface area (Å²) >= 11 is 0. The summed E-state index contributed by atoms with van der Waals surface area (Å²) in [5.41, 5.74) is 11.1. The Balaban J connectivity index is 1.61. The van der Waals surface area contributed by atoms with Gasteiger partial charge in [-0.25, -0.2) is 4.98 Å². The number of nitrogens with one attached hydrogen (secondary N) is 1. The molecule has 1 aliphatic carbocycles. The van der Waals surface area contributed by atoms with E-state index in [1.807, 2.05) is 37.4 Å². The number of rotatable bonds is 3. The van der Waals surface area contributed by atoms with Gasteiger partial charge in [0.05, 0.1) is 6.10 Å². The SMILES string of the molecule is Cc1ccncc1-c1cc(N)c2cnc(NC(=O)C=C3CCC(O)CC3)cc2c1. The number of aliphatic hydroxyl groups is 1. The van der Waals surface area contributed by atoms with Crippen LogP contribution in [0.15, 0.2) is 54.5 Å². The van der Waals surface area contributed by atoms with E-state index in [2.05, 4.69) is 15.3 Å². The molecular weight excluding hydrogens is 364 g/mol. The first kappa shape index (κ1) is 19.1. The van der Waals surface area contributed by atoms with Crippen molar-refractivity contribution in [3.05, 3.63) is 60.1 Å². The molecule has 4 rings (SSSR count). The van der Waals surface area contributed by atoms with Crippen LogP contribution in [-0.2, 0) is 4.79 Å². The highest BCUT2D eigenvalue weighted by atomic mass is 16.3. The first-order valence-corrected chi connectivity index (χ1v) is 9.78. The number of nitrogen functional groups attached to an aromatic ring is 1. The predicted octanol–water partition coefficient (Wildman–Crippen LogP) is 3.99. The molecule has 148 valence electrons. The first-order chi connectivity index (χ1) is 14.0. The fourth-order valence-electron chi connectivity index (χ4n) is 3.74. The van der Waals surface area contributed by atoms with Crippen LogP contribution in [0.3, 0.4) is 0 Å². The number of allylic oxidation sites excluding steroid dienone is 1. The Hall–Kier alpha value is -3.25. The number of aromatic nitrogens is 2. The fraction of sp³-hybridized carbons (Fsp3) is 0.261. The molecule has 0 atom stereocenters. The van der Waals surface area contributed by atoms with Crippen molar-refractivity contribution in [3.63, 3.8) is 0 Å². The van der Waals surface area contributed by atoms with Crippen LogP contribution >= 0.6 is 0 Å². The van der Waals surface area contributed by atoms with Crippen LogP contribution in [0.2, 0.25) is 0 Å². The highest BCUT2D eigenvalue weighted by Gasteiger charge is 2.15. The van der Waals surface area contributed by atoms with Crippen LogP contribution in [0.25, 0.3) is 21.9 Å². The van der Waals surface area contributed by atoms with Crippen LogP contribution in [0.5, 0.6) is 0 Å². The summed E-state index contributed by atoms with van der Waals surface area (Å²) in [6.45, 7) is 2.04. The summed E-state index contributed by atoms with van der Waals surface area (Å²) in [4.78, 5) is 20.9. The molecule has 6 nitrogen and oxygen atoms in total. The Morgan fingerprint density at radius 2 is 2.03 bits per heavy atom. The number of aryl methyl sites for hydroxylation is 1. The molecule has 1 fully saturated rings. The van der Waals surface area contributed by atoms with Gasteiger partial charge in [0.2, 0.25) is 5.91 Å². The fourth-order valence-corrected chi connectivity index (χ4v) is 3.74. The predicted molar refractivity (Wildman–Crippen MR) is 115 cm³/mol. The van der Waals surface area contributed by atoms with Gasteiger partial charge in [-0.2, -0.15) is 0 Å². The summed E-state index contributed by atoms with van der Waals surface area (Å²) in [5.74, 6) is 0.283. The highest BCUT2D eigenvalue weighted by molar-refractivity contribution is 6.02. The molecule has 0 unspecified atom stereocenters. The molecule has 29 heavy (non-hydrogen) atoms. The number of hydrogen-bond acceptors (Lipinski definition) is 5. The van der Waals surface area contributed by atoms with Gasteiger partial charge >= 0.3 is 0 Å². The van der Waals surface area contributed by atoms with Gasteiger partial charge < -0.3 is 16.2 Å². The van der Waals surface area contributed by atoms with Crippen molar-refractivity contribution < 1.29 is 9.90 Å². The smallest absolute Gasteiger partial charge is 0.249 e. The first-order valence-electron chi connectivity index (χ1n) is 9.78. The van der Waals surface area contributed by atoms with Gasteiger partial charge in [-0.05, 0) is 73.4 Å². The van der Waals surface area contributed by atoms with Crippen LogP contribution < -0.4 is 11.1 Å². The number of amides is 1. The number of nitrogens with zero attached hydrogens (tertiary/aromatic N) is 2. The van der Waals surface area contributed by atoms with Gasteiger partial charge in [-0.15, -0.1) is 0 Å². The minimum atomic E-state index is -0.250. The molecular formula is C23H24N4O2. The van der Waals surface area contributed by atoms with Gasteiger partial charge in [-0.3, -0.25) is 9.78 Å². The maximum atomic E-state index is 12.4. The van der Waals surface area contributed by atoms with Crippen LogP contribution in [-0.4, -0.2) is 27.1 Å². The molecule has 0 aliphatic heterocycles. The zero-order chi connectivity index (χ0) is 20.4. The van der Waals surface area contributed by atoms with Crippen molar-refractivity contribution >= 4 is 28.2 Å². The third-order valence-electron chi connectivity index (χ3n) is 5.40. The van der Waals surface area contributed by atoms with E-state index in [9.17, 15) is 9.90 Å². The van der Waals surface area contributed by atoms with E-state index in [0.29, 0.717) is 24.3 Å². The Morgan fingerprint density at radius 3 is 2.79 bits per heavy atom. The topological polar surface area (TPSA) is 101 Å². The number of hydrogen-bond donors (Lipinski definition) is 3. The average molecular weight is 388 g/mol. The number of carbonyl (C=O) groups is 1. The number of pyridine rings is 2. The summed E-state index contributed by atoms with van der Waals surface area (Å²) in [6, 6.07) is 7.76. The van der Waals surface area contributed by atoms with Crippen molar-refractivity contribution in [2.45, 2.75) is 38.7 Å². The molecule has 3 aromatic rings. The van der Waals surface area contributed by atoms with E-state index in [4.69, 9.17) is 5.73 Å². The normalized spacial score (nSPS) is 16.6. The highest BCUT2D eigenvalue weighted by Crippen LogP contribution is 2.31. The van der Waals surface area contributed by atoms with Crippen molar-refractivity contribution in [1.82, 2.24) is 9.97 Å². The quantitative estimate of drug-likeness (QED) is 0.465. The van der Waals surface area contributed by atoms with Crippen LogP contribution in [0.1, 0.15) is 31.2 Å². The molecule has 4 N–H and O–H groups in total. The lowest BCUT2D eigenvalue weighted by atomic mass is 9.92. The standard InChI is InChI=1S/C23H24N4O2/c1-14-6-7-25-12-19(14)16-9-17-11-22(26-13-20(17)21(24)10-16)27-23(29)8-15-2-4-18(28)5-3-15/h6-13,18,28H,2-5,24H2,1H3,(H,26,27,29). The monoisotopic (exact) mass is 388 g/mol. The minimum absolute atomic E-state index is 0.199. The number of nitrogens with two attached hydrogens (primary N) is 1. The molecule has 1 aromatic carbocycles. The largest absolute Gasteiger partial charge is 0.398 e. The number of aliphatic hydroxyl groups excluding tert-OH is 1. The molecule has 2 heterocycles. The van der Waals surface area contributed by atoms with Gasteiger partial charge in [0.25, 0.3) is 0 Å². The third kappa shape index (κ3) is 4.27. The average Bonchev–Trinajstić information content (AvgIpc) is 2.70. The van der Waals surface area contributed by atoms with Crippen molar-refractivity contribution in [2.75, 3.05) is 11.1 Å². The number of fused-ring (bicyclic) bond motifs is 1. The summed E-state index contributed by atoms with van der Waals surface area (Å²) in [5, 5.41) is 14.2. The second kappa shape index (κ2) is 8.01. The molecule has 1 aliphatic rings. The Morgan fingerprint density at radius 1 is 1.24 bits per heavy atom. The Bertz CT molecular complexity index is 1100. The maximum absolute atomic E-state index is 12.4. The number of benzene rings is 1.